The van der Waals surface area contributed by atoms with Gasteiger partial charge in [-0.1, -0.05) is 12.1 Å². The number of carbonyl (C=O) groups excluding carboxylic acids is 1. The molecule has 1 aromatic carbocycles. The summed E-state index contributed by atoms with van der Waals surface area (Å²) in [5.74, 6) is -0.961. The summed E-state index contributed by atoms with van der Waals surface area (Å²) in [5, 5.41) is 10.7. The molecule has 0 aliphatic carbocycles. The van der Waals surface area contributed by atoms with E-state index in [1.165, 1.54) is 6.08 Å². The van der Waals surface area contributed by atoms with Crippen molar-refractivity contribution in [1.82, 2.24) is 0 Å². The predicted octanol–water partition coefficient (Wildman–Crippen LogP) is 1.54. The topological polar surface area (TPSA) is 72.7 Å². The minimum absolute atomic E-state index is 0.567. The van der Waals surface area contributed by atoms with Gasteiger partial charge < -0.3 is 9.64 Å². The van der Waals surface area contributed by atoms with Gasteiger partial charge in [0.25, 0.3) is 0 Å². The van der Waals surface area contributed by atoms with Crippen molar-refractivity contribution in [2.75, 3.05) is 26.1 Å². The van der Waals surface area contributed by atoms with Crippen molar-refractivity contribution in [3.8, 4) is 0 Å². The molecule has 0 radical (unpaired) electrons. The lowest BCUT2D eigenvalue weighted by Gasteiger charge is -2.11. The molecule has 0 amide bonds. The second-order valence-corrected chi connectivity index (χ2v) is 3.76. The molecule has 6 nitrogen and oxygen atoms in total. The maximum atomic E-state index is 11.2. The third-order valence-electron chi connectivity index (χ3n) is 2.30. The van der Waals surface area contributed by atoms with Crippen LogP contribution >= 0.6 is 0 Å². The van der Waals surface area contributed by atoms with E-state index in [1.807, 2.05) is 19.0 Å². The summed E-state index contributed by atoms with van der Waals surface area (Å²) in [6, 6.07) is 7.00. The average molecular weight is 250 g/mol. The zero-order chi connectivity index (χ0) is 13.7. The Hall–Kier alpha value is -2.37. The number of ether oxygens (including phenoxy) is 1. The minimum Gasteiger partial charge on any atom is -0.461 e. The molecule has 0 N–H and O–H groups in total. The highest BCUT2D eigenvalue weighted by molar-refractivity contribution is 5.90. The number of hydrogen-bond acceptors (Lipinski definition) is 5. The standard InChI is InChI=1S/C12H14N2O4/c1-13(2)10-6-4-9(5-7-10)8-11(14(16)17)12(15)18-3/h4-8H,1-3H3/b11-8+. The smallest absolute Gasteiger partial charge is 0.409 e. The summed E-state index contributed by atoms with van der Waals surface area (Å²) >= 11 is 0. The van der Waals surface area contributed by atoms with E-state index < -0.39 is 16.6 Å². The second kappa shape index (κ2) is 5.81. The van der Waals surface area contributed by atoms with Gasteiger partial charge in [0.1, 0.15) is 0 Å². The summed E-state index contributed by atoms with van der Waals surface area (Å²) in [7, 11) is 4.89. The van der Waals surface area contributed by atoms with Crippen LogP contribution in [-0.4, -0.2) is 32.1 Å². The molecule has 0 saturated heterocycles. The van der Waals surface area contributed by atoms with Crippen LogP contribution in [0.4, 0.5) is 5.69 Å². The van der Waals surface area contributed by atoms with Crippen molar-refractivity contribution in [2.24, 2.45) is 0 Å². The van der Waals surface area contributed by atoms with Gasteiger partial charge >= 0.3 is 11.7 Å². The summed E-state index contributed by atoms with van der Waals surface area (Å²) in [5.41, 5.74) is 0.945. The lowest BCUT2D eigenvalue weighted by atomic mass is 10.1. The average Bonchev–Trinajstić information content (AvgIpc) is 2.35. The Kier molecular flexibility index (Phi) is 4.42. The fourth-order valence-corrected chi connectivity index (χ4v) is 1.32. The Morgan fingerprint density at radius 3 is 2.28 bits per heavy atom. The van der Waals surface area contributed by atoms with Crippen LogP contribution in [0.2, 0.25) is 0 Å². The first-order valence-electron chi connectivity index (χ1n) is 5.17. The highest BCUT2D eigenvalue weighted by Gasteiger charge is 2.22. The van der Waals surface area contributed by atoms with Crippen molar-refractivity contribution in [2.45, 2.75) is 0 Å². The summed E-state index contributed by atoms with van der Waals surface area (Å²) in [6.07, 6.45) is 1.19. The molecule has 96 valence electrons. The van der Waals surface area contributed by atoms with Crippen LogP contribution < -0.4 is 4.90 Å². The van der Waals surface area contributed by atoms with Gasteiger partial charge in [-0.05, 0) is 17.7 Å². The SMILES string of the molecule is COC(=O)/C(=C\c1ccc(N(C)C)cc1)[N+](=O)[O-]. The first-order chi connectivity index (χ1) is 8.45. The van der Waals surface area contributed by atoms with Crippen molar-refractivity contribution in [3.63, 3.8) is 0 Å². The zero-order valence-corrected chi connectivity index (χ0v) is 10.4. The molecule has 0 fully saturated rings. The van der Waals surface area contributed by atoms with E-state index in [0.717, 1.165) is 12.8 Å². The molecule has 1 aromatic rings. The molecule has 0 heterocycles. The Morgan fingerprint density at radius 1 is 1.33 bits per heavy atom. The molecule has 0 aliphatic rings. The van der Waals surface area contributed by atoms with Crippen molar-refractivity contribution < 1.29 is 14.5 Å². The van der Waals surface area contributed by atoms with Gasteiger partial charge in [-0.25, -0.2) is 4.79 Å². The molecule has 6 heteroatoms. The van der Waals surface area contributed by atoms with E-state index in [2.05, 4.69) is 4.74 Å². The Balaban J connectivity index is 3.05. The van der Waals surface area contributed by atoms with Crippen LogP contribution in [0.15, 0.2) is 30.0 Å². The van der Waals surface area contributed by atoms with Crippen molar-refractivity contribution in [1.29, 1.82) is 0 Å². The van der Waals surface area contributed by atoms with Crippen LogP contribution in [0.25, 0.3) is 6.08 Å². The van der Waals surface area contributed by atoms with Gasteiger partial charge in [0.05, 0.1) is 12.0 Å². The number of nitrogens with zero attached hydrogens (tertiary/aromatic N) is 2. The van der Waals surface area contributed by atoms with Crippen LogP contribution in [0.1, 0.15) is 5.56 Å². The van der Waals surface area contributed by atoms with Crippen LogP contribution in [0, 0.1) is 10.1 Å². The first kappa shape index (κ1) is 13.7. The van der Waals surface area contributed by atoms with Gasteiger partial charge in [0.15, 0.2) is 0 Å². The molecule has 18 heavy (non-hydrogen) atoms. The van der Waals surface area contributed by atoms with Gasteiger partial charge in [0.2, 0.25) is 0 Å². The molecule has 1 rings (SSSR count). The van der Waals surface area contributed by atoms with Gasteiger partial charge in [-0.2, -0.15) is 0 Å². The lowest BCUT2D eigenvalue weighted by Crippen LogP contribution is -2.12. The summed E-state index contributed by atoms with van der Waals surface area (Å²) in [4.78, 5) is 23.0. The highest BCUT2D eigenvalue weighted by atomic mass is 16.6. The fourth-order valence-electron chi connectivity index (χ4n) is 1.32. The molecule has 0 atom stereocenters. The molecule has 0 unspecified atom stereocenters. The first-order valence-corrected chi connectivity index (χ1v) is 5.17. The molecule has 0 spiro atoms. The number of carbonyl (C=O) groups is 1. The van der Waals surface area contributed by atoms with Crippen LogP contribution in [0.5, 0.6) is 0 Å². The maximum absolute atomic E-state index is 11.2. The quantitative estimate of drug-likeness (QED) is 0.351. The molecule has 0 saturated carbocycles. The Labute approximate surface area is 105 Å². The molecular formula is C12H14N2O4. The zero-order valence-electron chi connectivity index (χ0n) is 10.4. The molecule has 0 aliphatic heterocycles. The number of hydrogen-bond donors (Lipinski definition) is 0. The normalized spacial score (nSPS) is 10.9. The van der Waals surface area contributed by atoms with E-state index in [4.69, 9.17) is 0 Å². The second-order valence-electron chi connectivity index (χ2n) is 3.76. The molecule has 0 aromatic heterocycles. The predicted molar refractivity (Wildman–Crippen MR) is 67.8 cm³/mol. The number of methoxy groups -OCH3 is 1. The third kappa shape index (κ3) is 3.31. The Bertz CT molecular complexity index is 477. The third-order valence-corrected chi connectivity index (χ3v) is 2.30. The van der Waals surface area contributed by atoms with E-state index in [-0.39, 0.29) is 0 Å². The maximum Gasteiger partial charge on any atom is 0.409 e. The van der Waals surface area contributed by atoms with Gasteiger partial charge in [-0.15, -0.1) is 0 Å². The van der Waals surface area contributed by atoms with E-state index >= 15 is 0 Å². The van der Waals surface area contributed by atoms with Gasteiger partial charge in [-0.3, -0.25) is 10.1 Å². The van der Waals surface area contributed by atoms with Crippen LogP contribution in [-0.2, 0) is 9.53 Å². The summed E-state index contributed by atoms with van der Waals surface area (Å²) < 4.78 is 4.35. The fraction of sp³-hybridized carbons (Fsp3) is 0.250. The minimum atomic E-state index is -0.961. The highest BCUT2D eigenvalue weighted by Crippen LogP contribution is 2.15. The summed E-state index contributed by atoms with van der Waals surface area (Å²) in [6.45, 7) is 0. The Morgan fingerprint density at radius 2 is 1.89 bits per heavy atom. The monoisotopic (exact) mass is 250 g/mol. The van der Waals surface area contributed by atoms with Crippen LogP contribution in [0.3, 0.4) is 0 Å². The van der Waals surface area contributed by atoms with Crippen molar-refractivity contribution >= 4 is 17.7 Å². The van der Waals surface area contributed by atoms with Crippen molar-refractivity contribution in [3.05, 3.63) is 45.6 Å². The largest absolute Gasteiger partial charge is 0.461 e. The number of nitro groups is 1. The lowest BCUT2D eigenvalue weighted by molar-refractivity contribution is -0.419. The van der Waals surface area contributed by atoms with E-state index in [1.54, 1.807) is 24.3 Å². The number of benzene rings is 1. The number of anilines is 1. The molecule has 0 bridgehead atoms. The van der Waals surface area contributed by atoms with E-state index in [0.29, 0.717) is 5.56 Å². The number of rotatable bonds is 4. The molecular weight excluding hydrogens is 236 g/mol. The number of esters is 1. The van der Waals surface area contributed by atoms with Gasteiger partial charge in [0, 0.05) is 25.9 Å². The van der Waals surface area contributed by atoms with E-state index in [9.17, 15) is 14.9 Å².